The van der Waals surface area contributed by atoms with Gasteiger partial charge in [-0.3, -0.25) is 9.59 Å². The van der Waals surface area contributed by atoms with Gasteiger partial charge in [-0.1, -0.05) is 12.1 Å². The van der Waals surface area contributed by atoms with Crippen molar-refractivity contribution in [1.29, 1.82) is 0 Å². The van der Waals surface area contributed by atoms with E-state index in [0.29, 0.717) is 6.42 Å². The van der Waals surface area contributed by atoms with Crippen LogP contribution in [-0.4, -0.2) is 16.4 Å². The lowest BCUT2D eigenvalue weighted by atomic mass is 10.0. The maximum absolute atomic E-state index is 12.6. The van der Waals surface area contributed by atoms with E-state index in [1.165, 1.54) is 0 Å². The van der Waals surface area contributed by atoms with Crippen LogP contribution in [0.1, 0.15) is 52.8 Å². The van der Waals surface area contributed by atoms with Gasteiger partial charge in [-0.05, 0) is 51.0 Å². The molecule has 0 saturated heterocycles. The number of nitrogens with one attached hydrogen (secondary N) is 2. The number of anilines is 1. The predicted molar refractivity (Wildman–Crippen MR) is 94.2 cm³/mol. The molecule has 1 aliphatic heterocycles. The average molecular weight is 325 g/mol. The van der Waals surface area contributed by atoms with E-state index in [-0.39, 0.29) is 17.9 Å². The van der Waals surface area contributed by atoms with Crippen molar-refractivity contribution in [2.75, 3.05) is 5.32 Å². The van der Waals surface area contributed by atoms with Gasteiger partial charge in [0.2, 0.25) is 5.91 Å². The van der Waals surface area contributed by atoms with Crippen molar-refractivity contribution in [3.8, 4) is 0 Å². The highest BCUT2D eigenvalue weighted by atomic mass is 16.2. The third-order valence-electron chi connectivity index (χ3n) is 4.74. The van der Waals surface area contributed by atoms with Crippen LogP contribution in [0.4, 0.5) is 5.69 Å². The molecule has 2 heterocycles. The van der Waals surface area contributed by atoms with Crippen LogP contribution in [0.15, 0.2) is 24.3 Å². The van der Waals surface area contributed by atoms with Crippen molar-refractivity contribution < 1.29 is 9.59 Å². The largest absolute Gasteiger partial charge is 0.349 e. The zero-order valence-electron chi connectivity index (χ0n) is 14.6. The Morgan fingerprint density at radius 3 is 2.75 bits per heavy atom. The fraction of sp³-hybridized carbons (Fsp3) is 0.368. The Balaban J connectivity index is 1.78. The molecule has 5 nitrogen and oxygen atoms in total. The van der Waals surface area contributed by atoms with E-state index >= 15 is 0 Å². The molecule has 0 fully saturated rings. The number of amides is 2. The van der Waals surface area contributed by atoms with Crippen LogP contribution in [-0.2, 0) is 17.8 Å². The first-order valence-electron chi connectivity index (χ1n) is 8.31. The van der Waals surface area contributed by atoms with E-state index in [0.717, 1.165) is 40.3 Å². The Hall–Kier alpha value is -2.56. The number of aromatic nitrogens is 1. The van der Waals surface area contributed by atoms with Gasteiger partial charge in [0.1, 0.15) is 0 Å². The van der Waals surface area contributed by atoms with Crippen LogP contribution < -0.4 is 10.6 Å². The lowest BCUT2D eigenvalue weighted by molar-refractivity contribution is -0.115. The number of carbonyl (C=O) groups excluding carboxylic acids is 2. The smallest absolute Gasteiger partial charge is 0.253 e. The highest BCUT2D eigenvalue weighted by Gasteiger charge is 2.21. The maximum Gasteiger partial charge on any atom is 0.253 e. The van der Waals surface area contributed by atoms with Gasteiger partial charge in [-0.2, -0.15) is 0 Å². The molecule has 1 aliphatic rings. The molecule has 0 spiro atoms. The summed E-state index contributed by atoms with van der Waals surface area (Å²) in [7, 11) is 0. The van der Waals surface area contributed by atoms with Crippen molar-refractivity contribution >= 4 is 17.5 Å². The molecule has 2 aromatic rings. The monoisotopic (exact) mass is 325 g/mol. The summed E-state index contributed by atoms with van der Waals surface area (Å²) in [5, 5.41) is 5.89. The zero-order chi connectivity index (χ0) is 17.4. The summed E-state index contributed by atoms with van der Waals surface area (Å²) in [4.78, 5) is 24.1. The van der Waals surface area contributed by atoms with Crippen LogP contribution in [0.3, 0.4) is 0 Å². The van der Waals surface area contributed by atoms with Crippen LogP contribution in [0.2, 0.25) is 0 Å². The third kappa shape index (κ3) is 2.82. The van der Waals surface area contributed by atoms with Crippen molar-refractivity contribution in [2.24, 2.45) is 0 Å². The molecule has 2 N–H and O–H groups in total. The van der Waals surface area contributed by atoms with Crippen LogP contribution >= 0.6 is 0 Å². The zero-order valence-corrected chi connectivity index (χ0v) is 14.6. The highest BCUT2D eigenvalue weighted by Crippen LogP contribution is 2.26. The molecule has 1 aromatic heterocycles. The van der Waals surface area contributed by atoms with Gasteiger partial charge in [0.25, 0.3) is 5.91 Å². The van der Waals surface area contributed by atoms with Gasteiger partial charge in [0.05, 0.1) is 18.0 Å². The highest BCUT2D eigenvalue weighted by molar-refractivity contribution is 5.99. The molecular formula is C19H23N3O2. The van der Waals surface area contributed by atoms with Crippen molar-refractivity contribution in [3.05, 3.63) is 52.3 Å². The molecular weight excluding hydrogens is 302 g/mol. The molecule has 2 amide bonds. The van der Waals surface area contributed by atoms with Crippen molar-refractivity contribution in [1.82, 2.24) is 9.88 Å². The second-order valence-corrected chi connectivity index (χ2v) is 6.37. The van der Waals surface area contributed by atoms with Crippen LogP contribution in [0.5, 0.6) is 0 Å². The Labute approximate surface area is 142 Å². The molecule has 0 bridgehead atoms. The number of hydrogen-bond donors (Lipinski definition) is 2. The first-order valence-corrected chi connectivity index (χ1v) is 8.31. The average Bonchev–Trinajstić information content (AvgIpc) is 3.04. The number of rotatable bonds is 4. The van der Waals surface area contributed by atoms with E-state index in [4.69, 9.17) is 0 Å². The minimum atomic E-state index is -0.122. The molecule has 0 radical (unpaired) electrons. The lowest BCUT2D eigenvalue weighted by Gasteiger charge is -2.15. The van der Waals surface area contributed by atoms with Crippen molar-refractivity contribution in [3.63, 3.8) is 0 Å². The molecule has 126 valence electrons. The number of benzene rings is 1. The second kappa shape index (κ2) is 6.15. The summed E-state index contributed by atoms with van der Waals surface area (Å²) in [6.07, 6.45) is 0.404. The summed E-state index contributed by atoms with van der Waals surface area (Å²) in [6, 6.07) is 7.66. The molecule has 0 unspecified atom stereocenters. The minimum absolute atomic E-state index is 0.0193. The quantitative estimate of drug-likeness (QED) is 0.907. The number of nitrogens with zero attached hydrogens (tertiary/aromatic N) is 1. The Morgan fingerprint density at radius 2 is 2.08 bits per heavy atom. The molecule has 0 saturated carbocycles. The summed E-state index contributed by atoms with van der Waals surface area (Å²) in [5.41, 5.74) is 5.66. The van der Waals surface area contributed by atoms with Gasteiger partial charge < -0.3 is 15.2 Å². The van der Waals surface area contributed by atoms with Crippen molar-refractivity contribution in [2.45, 2.75) is 46.7 Å². The van der Waals surface area contributed by atoms with Gasteiger partial charge >= 0.3 is 0 Å². The Bertz CT molecular complexity index is 820. The third-order valence-corrected chi connectivity index (χ3v) is 4.74. The Morgan fingerprint density at radius 1 is 1.33 bits per heavy atom. The van der Waals surface area contributed by atoms with E-state index in [9.17, 15) is 9.59 Å². The van der Waals surface area contributed by atoms with E-state index < -0.39 is 0 Å². The predicted octanol–water partition coefficient (Wildman–Crippen LogP) is 3.11. The molecule has 3 rings (SSSR count). The lowest BCUT2D eigenvalue weighted by Crippen LogP contribution is -2.27. The van der Waals surface area contributed by atoms with Gasteiger partial charge in [0, 0.05) is 23.6 Å². The van der Waals surface area contributed by atoms with Gasteiger partial charge in [-0.15, -0.1) is 0 Å². The Kier molecular flexibility index (Phi) is 4.18. The SMILES string of the molecule is CCn1c(C)cc(C(=O)N[C@@H](C)c2ccc3c(c2)CC(=O)N3)c1C. The number of fused-ring (bicyclic) bond motifs is 1. The fourth-order valence-corrected chi connectivity index (χ4v) is 3.39. The maximum atomic E-state index is 12.6. The second-order valence-electron chi connectivity index (χ2n) is 6.37. The fourth-order valence-electron chi connectivity index (χ4n) is 3.39. The molecule has 24 heavy (non-hydrogen) atoms. The van der Waals surface area contributed by atoms with Gasteiger partial charge in [-0.25, -0.2) is 0 Å². The normalized spacial score (nSPS) is 14.2. The first-order chi connectivity index (χ1) is 11.4. The first kappa shape index (κ1) is 16.3. The summed E-state index contributed by atoms with van der Waals surface area (Å²) < 4.78 is 2.13. The number of aryl methyl sites for hydroxylation is 1. The molecule has 5 heteroatoms. The standard InChI is InChI=1S/C19H23N3O2/c1-5-22-11(2)8-16(13(22)4)19(24)20-12(3)14-6-7-17-15(9-14)10-18(23)21-17/h6-9,12H,5,10H2,1-4H3,(H,20,24)(H,21,23)/t12-/m0/s1. The van der Waals surface area contributed by atoms with E-state index in [1.807, 2.05) is 45.0 Å². The van der Waals surface area contributed by atoms with Crippen LogP contribution in [0.25, 0.3) is 0 Å². The molecule has 1 atom stereocenters. The van der Waals surface area contributed by atoms with Gasteiger partial charge in [0.15, 0.2) is 0 Å². The summed E-state index contributed by atoms with van der Waals surface area (Å²) >= 11 is 0. The summed E-state index contributed by atoms with van der Waals surface area (Å²) in [5.74, 6) is -0.0455. The van der Waals surface area contributed by atoms with E-state index in [2.05, 4.69) is 22.1 Å². The number of carbonyl (C=O) groups is 2. The molecule has 0 aliphatic carbocycles. The van der Waals surface area contributed by atoms with E-state index in [1.54, 1.807) is 0 Å². The summed E-state index contributed by atoms with van der Waals surface area (Å²) in [6.45, 7) is 8.88. The molecule has 1 aromatic carbocycles. The topological polar surface area (TPSA) is 63.1 Å². The minimum Gasteiger partial charge on any atom is -0.349 e. The van der Waals surface area contributed by atoms with Crippen LogP contribution in [0, 0.1) is 13.8 Å². The number of hydrogen-bond acceptors (Lipinski definition) is 2.